The lowest BCUT2D eigenvalue weighted by Crippen LogP contribution is -2.34. The Kier molecular flexibility index (Phi) is 6.67. The molecule has 0 unspecified atom stereocenters. The third-order valence-electron chi connectivity index (χ3n) is 4.80. The van der Waals surface area contributed by atoms with Crippen molar-refractivity contribution in [3.05, 3.63) is 59.8 Å². The average Bonchev–Trinajstić information content (AvgIpc) is 2.68. The standard InChI is InChI=1S/C20H24F2N6/c21-9-16(22)12-27-20(28-24)18-8-15(11-26-19(18)23)14-6-4-13(5-7-14)10-25-17-2-1-3-17/h4-9,11,17,25H,1-3,10,12,24H2,(H2,23,26)(H,27,28)/b16-9-. The number of halogens is 2. The van der Waals surface area contributed by atoms with Crippen LogP contribution in [0, 0.1) is 0 Å². The molecule has 1 fully saturated rings. The fourth-order valence-electron chi connectivity index (χ4n) is 2.91. The molecule has 0 radical (unpaired) electrons. The van der Waals surface area contributed by atoms with Gasteiger partial charge < -0.3 is 16.5 Å². The Hall–Kier alpha value is -2.84. The molecule has 0 saturated heterocycles. The van der Waals surface area contributed by atoms with Gasteiger partial charge in [0.2, 0.25) is 0 Å². The summed E-state index contributed by atoms with van der Waals surface area (Å²) in [6, 6.07) is 10.5. The Morgan fingerprint density at radius 1 is 1.25 bits per heavy atom. The monoisotopic (exact) mass is 386 g/mol. The first-order valence-corrected chi connectivity index (χ1v) is 9.15. The molecule has 1 heterocycles. The van der Waals surface area contributed by atoms with Gasteiger partial charge in [0, 0.05) is 24.3 Å². The van der Waals surface area contributed by atoms with Crippen LogP contribution in [0.15, 0.2) is 53.7 Å². The molecule has 3 rings (SSSR count). The van der Waals surface area contributed by atoms with E-state index in [1.807, 2.05) is 12.1 Å². The van der Waals surface area contributed by atoms with Crippen molar-refractivity contribution in [2.45, 2.75) is 31.8 Å². The van der Waals surface area contributed by atoms with E-state index in [0.29, 0.717) is 11.6 Å². The maximum absolute atomic E-state index is 13.0. The van der Waals surface area contributed by atoms with E-state index in [1.54, 1.807) is 12.3 Å². The first-order chi connectivity index (χ1) is 13.6. The fraction of sp³-hybridized carbons (Fsp3) is 0.300. The number of benzene rings is 1. The number of hydrogen-bond acceptors (Lipinski definition) is 5. The fourth-order valence-corrected chi connectivity index (χ4v) is 2.91. The van der Waals surface area contributed by atoms with Gasteiger partial charge in [0.15, 0.2) is 0 Å². The molecular weight excluding hydrogens is 362 g/mol. The van der Waals surface area contributed by atoms with Gasteiger partial charge in [-0.15, -0.1) is 0 Å². The van der Waals surface area contributed by atoms with Crippen molar-refractivity contribution < 1.29 is 8.78 Å². The van der Waals surface area contributed by atoms with Crippen molar-refractivity contribution >= 4 is 11.7 Å². The number of hydrazine groups is 1. The van der Waals surface area contributed by atoms with E-state index in [-0.39, 0.29) is 18.0 Å². The van der Waals surface area contributed by atoms with Crippen molar-refractivity contribution in [1.29, 1.82) is 0 Å². The number of anilines is 1. The number of nitrogens with zero attached hydrogens (tertiary/aromatic N) is 2. The molecule has 6 nitrogen and oxygen atoms in total. The highest BCUT2D eigenvalue weighted by Crippen LogP contribution is 2.23. The Labute approximate surface area is 162 Å². The van der Waals surface area contributed by atoms with Gasteiger partial charge >= 0.3 is 0 Å². The number of hydrogen-bond donors (Lipinski definition) is 4. The quantitative estimate of drug-likeness (QED) is 0.254. The first kappa shape index (κ1) is 19.9. The second-order valence-corrected chi connectivity index (χ2v) is 6.73. The number of nitrogens with one attached hydrogen (secondary N) is 2. The van der Waals surface area contributed by atoms with Crippen LogP contribution in [0.25, 0.3) is 11.1 Å². The zero-order valence-electron chi connectivity index (χ0n) is 15.5. The zero-order chi connectivity index (χ0) is 19.9. The molecule has 1 aliphatic rings. The van der Waals surface area contributed by atoms with E-state index in [1.165, 1.54) is 24.8 Å². The van der Waals surface area contributed by atoms with Crippen LogP contribution in [-0.4, -0.2) is 23.4 Å². The molecule has 1 aromatic carbocycles. The Balaban J connectivity index is 1.77. The Bertz CT molecular complexity index is 859. The molecule has 1 aromatic heterocycles. The number of nitrogen functional groups attached to an aromatic ring is 1. The summed E-state index contributed by atoms with van der Waals surface area (Å²) in [5.41, 5.74) is 11.7. The summed E-state index contributed by atoms with van der Waals surface area (Å²) in [4.78, 5) is 8.10. The maximum Gasteiger partial charge on any atom is 0.149 e. The second-order valence-electron chi connectivity index (χ2n) is 6.73. The third kappa shape index (κ3) is 4.90. The molecule has 0 bridgehead atoms. The Morgan fingerprint density at radius 2 is 2.00 bits per heavy atom. The highest BCUT2D eigenvalue weighted by Gasteiger charge is 2.16. The van der Waals surface area contributed by atoms with Crippen molar-refractivity contribution in [2.24, 2.45) is 10.8 Å². The summed E-state index contributed by atoms with van der Waals surface area (Å²) in [7, 11) is 0. The van der Waals surface area contributed by atoms with Crippen LogP contribution in [0.3, 0.4) is 0 Å². The van der Waals surface area contributed by atoms with E-state index in [2.05, 4.69) is 32.9 Å². The molecule has 2 aromatic rings. The van der Waals surface area contributed by atoms with Crippen molar-refractivity contribution in [2.75, 3.05) is 12.3 Å². The summed E-state index contributed by atoms with van der Waals surface area (Å²) >= 11 is 0. The second kappa shape index (κ2) is 9.38. The molecule has 1 aliphatic carbocycles. The maximum atomic E-state index is 13.0. The van der Waals surface area contributed by atoms with Crippen LogP contribution in [0.4, 0.5) is 14.6 Å². The van der Waals surface area contributed by atoms with E-state index in [4.69, 9.17) is 11.6 Å². The predicted molar refractivity (Wildman–Crippen MR) is 108 cm³/mol. The van der Waals surface area contributed by atoms with E-state index >= 15 is 0 Å². The molecule has 0 atom stereocenters. The van der Waals surface area contributed by atoms with Crippen LogP contribution in [0.2, 0.25) is 0 Å². The lowest BCUT2D eigenvalue weighted by molar-refractivity contribution is 0.338. The van der Waals surface area contributed by atoms with Gasteiger partial charge in [0.05, 0.1) is 12.1 Å². The minimum absolute atomic E-state index is 0.130. The molecule has 148 valence electrons. The minimum Gasteiger partial charge on any atom is -0.383 e. The number of aliphatic imine (C=N–C) groups is 1. The van der Waals surface area contributed by atoms with Crippen LogP contribution >= 0.6 is 0 Å². The molecule has 6 N–H and O–H groups in total. The number of pyridine rings is 1. The smallest absolute Gasteiger partial charge is 0.149 e. The lowest BCUT2D eigenvalue weighted by Gasteiger charge is -2.26. The molecular formula is C20H24F2N6. The van der Waals surface area contributed by atoms with Gasteiger partial charge in [0.1, 0.15) is 23.8 Å². The number of aromatic nitrogens is 1. The molecule has 0 amide bonds. The van der Waals surface area contributed by atoms with Crippen molar-refractivity contribution in [1.82, 2.24) is 15.7 Å². The predicted octanol–water partition coefficient (Wildman–Crippen LogP) is 2.96. The van der Waals surface area contributed by atoms with Crippen LogP contribution in [0.5, 0.6) is 0 Å². The highest BCUT2D eigenvalue weighted by molar-refractivity contribution is 6.03. The van der Waals surface area contributed by atoms with E-state index in [9.17, 15) is 8.78 Å². The summed E-state index contributed by atoms with van der Waals surface area (Å²) in [6.07, 6.45) is 5.32. The van der Waals surface area contributed by atoms with Gasteiger partial charge in [-0.05, 0) is 30.0 Å². The highest BCUT2D eigenvalue weighted by atomic mass is 19.2. The lowest BCUT2D eigenvalue weighted by atomic mass is 9.93. The number of amidine groups is 1. The van der Waals surface area contributed by atoms with Crippen LogP contribution in [0.1, 0.15) is 30.4 Å². The summed E-state index contributed by atoms with van der Waals surface area (Å²) in [6.45, 7) is 0.361. The topological polar surface area (TPSA) is 101 Å². The molecule has 0 spiro atoms. The summed E-state index contributed by atoms with van der Waals surface area (Å²) in [5.74, 6) is 4.78. The van der Waals surface area contributed by atoms with Gasteiger partial charge in [0.25, 0.3) is 0 Å². The summed E-state index contributed by atoms with van der Waals surface area (Å²) in [5, 5.41) is 3.53. The summed E-state index contributed by atoms with van der Waals surface area (Å²) < 4.78 is 25.2. The van der Waals surface area contributed by atoms with Crippen molar-refractivity contribution in [3.63, 3.8) is 0 Å². The molecule has 8 heteroatoms. The van der Waals surface area contributed by atoms with Crippen LogP contribution in [-0.2, 0) is 6.54 Å². The van der Waals surface area contributed by atoms with E-state index < -0.39 is 12.4 Å². The first-order valence-electron chi connectivity index (χ1n) is 9.15. The number of nitrogens with two attached hydrogens (primary N) is 2. The molecule has 0 aliphatic heterocycles. The van der Waals surface area contributed by atoms with E-state index in [0.717, 1.165) is 17.7 Å². The minimum atomic E-state index is -1.01. The van der Waals surface area contributed by atoms with Crippen molar-refractivity contribution in [3.8, 4) is 11.1 Å². The van der Waals surface area contributed by atoms with Gasteiger partial charge in [-0.1, -0.05) is 30.7 Å². The largest absolute Gasteiger partial charge is 0.383 e. The van der Waals surface area contributed by atoms with Gasteiger partial charge in [-0.2, -0.15) is 0 Å². The molecule has 28 heavy (non-hydrogen) atoms. The van der Waals surface area contributed by atoms with Crippen LogP contribution < -0.4 is 22.3 Å². The average molecular weight is 386 g/mol. The third-order valence-corrected chi connectivity index (χ3v) is 4.80. The zero-order valence-corrected chi connectivity index (χ0v) is 15.5. The Morgan fingerprint density at radius 3 is 2.61 bits per heavy atom. The molecule has 1 saturated carbocycles. The SMILES string of the molecule is NNC(=NC/C(F)=C/F)c1cc(-c2ccc(CNC3CCC3)cc2)cnc1N. The normalized spacial score (nSPS) is 15.4. The van der Waals surface area contributed by atoms with Gasteiger partial charge in [-0.25, -0.2) is 19.6 Å². The van der Waals surface area contributed by atoms with Gasteiger partial charge in [-0.3, -0.25) is 4.99 Å². The number of rotatable bonds is 7.